The van der Waals surface area contributed by atoms with Crippen LogP contribution in [-0.2, 0) is 12.8 Å². The Morgan fingerprint density at radius 1 is 0.882 bits per heavy atom. The van der Waals surface area contributed by atoms with E-state index in [4.69, 9.17) is 0 Å². The number of hydrogen-bond donors (Lipinski definition) is 2. The summed E-state index contributed by atoms with van der Waals surface area (Å²) >= 11 is 0. The second-order valence-corrected chi connectivity index (χ2v) is 4.57. The third-order valence-corrected chi connectivity index (χ3v) is 3.29. The minimum Gasteiger partial charge on any atom is -0.508 e. The van der Waals surface area contributed by atoms with E-state index in [9.17, 15) is 5.11 Å². The topological polar surface area (TPSA) is 32.3 Å². The zero-order valence-corrected chi connectivity index (χ0v) is 9.56. The molecule has 0 bridgehead atoms. The number of phenols is 1. The van der Waals surface area contributed by atoms with Crippen LogP contribution >= 0.6 is 0 Å². The van der Waals surface area contributed by atoms with Crippen molar-refractivity contribution in [1.82, 2.24) is 0 Å². The van der Waals surface area contributed by atoms with Crippen molar-refractivity contribution in [3.05, 3.63) is 59.7 Å². The average molecular weight is 225 g/mol. The largest absolute Gasteiger partial charge is 0.508 e. The van der Waals surface area contributed by atoms with Crippen LogP contribution in [0.3, 0.4) is 0 Å². The van der Waals surface area contributed by atoms with Gasteiger partial charge in [-0.25, -0.2) is 0 Å². The highest BCUT2D eigenvalue weighted by Gasteiger charge is 2.20. The molecule has 0 spiro atoms. The summed E-state index contributed by atoms with van der Waals surface area (Å²) in [6.07, 6.45) is 2.16. The normalized spacial score (nSPS) is 14.6. The molecule has 0 fully saturated rings. The van der Waals surface area contributed by atoms with E-state index >= 15 is 0 Å². The smallest absolute Gasteiger partial charge is 0.115 e. The first-order valence-corrected chi connectivity index (χ1v) is 5.93. The lowest BCUT2D eigenvalue weighted by Crippen LogP contribution is -2.19. The molecular weight excluding hydrogens is 210 g/mol. The Labute approximate surface area is 101 Å². The van der Waals surface area contributed by atoms with E-state index in [0.29, 0.717) is 11.8 Å². The molecule has 2 aromatic carbocycles. The van der Waals surface area contributed by atoms with Crippen LogP contribution in [0.15, 0.2) is 48.5 Å². The van der Waals surface area contributed by atoms with Crippen LogP contribution in [0.4, 0.5) is 5.69 Å². The summed E-state index contributed by atoms with van der Waals surface area (Å²) in [5.41, 5.74) is 3.97. The van der Waals surface area contributed by atoms with Crippen molar-refractivity contribution in [3.63, 3.8) is 0 Å². The van der Waals surface area contributed by atoms with Crippen molar-refractivity contribution >= 4 is 5.69 Å². The average Bonchev–Trinajstić information content (AvgIpc) is 2.74. The maximum atomic E-state index is 9.23. The molecule has 2 N–H and O–H groups in total. The van der Waals surface area contributed by atoms with Gasteiger partial charge in [0.25, 0.3) is 0 Å². The molecule has 0 aliphatic heterocycles. The van der Waals surface area contributed by atoms with Gasteiger partial charge in [0.15, 0.2) is 0 Å². The number of aromatic hydroxyl groups is 1. The predicted octanol–water partition coefficient (Wildman–Crippen LogP) is 2.97. The zero-order chi connectivity index (χ0) is 11.7. The second kappa shape index (κ2) is 4.13. The van der Waals surface area contributed by atoms with E-state index in [-0.39, 0.29) is 0 Å². The van der Waals surface area contributed by atoms with Gasteiger partial charge >= 0.3 is 0 Å². The van der Waals surface area contributed by atoms with Gasteiger partial charge in [-0.05, 0) is 48.2 Å². The van der Waals surface area contributed by atoms with E-state index in [0.717, 1.165) is 18.5 Å². The van der Waals surface area contributed by atoms with Crippen molar-refractivity contribution in [2.24, 2.45) is 0 Å². The summed E-state index contributed by atoms with van der Waals surface area (Å²) in [4.78, 5) is 0. The number of rotatable bonds is 2. The fourth-order valence-corrected chi connectivity index (χ4v) is 2.45. The summed E-state index contributed by atoms with van der Waals surface area (Å²) in [6, 6.07) is 16.3. The maximum absolute atomic E-state index is 9.23. The number of benzene rings is 2. The van der Waals surface area contributed by atoms with Crippen LogP contribution in [0.1, 0.15) is 11.1 Å². The third kappa shape index (κ3) is 2.11. The monoisotopic (exact) mass is 225 g/mol. The Balaban J connectivity index is 1.71. The summed E-state index contributed by atoms with van der Waals surface area (Å²) in [7, 11) is 0. The minimum atomic E-state index is 0.310. The van der Waals surface area contributed by atoms with Crippen LogP contribution in [0, 0.1) is 0 Å². The highest BCUT2D eigenvalue weighted by Crippen LogP contribution is 2.24. The maximum Gasteiger partial charge on any atom is 0.115 e. The quantitative estimate of drug-likeness (QED) is 0.770. The van der Waals surface area contributed by atoms with Gasteiger partial charge in [0.05, 0.1) is 0 Å². The molecule has 1 aliphatic rings. The molecule has 1 aliphatic carbocycles. The van der Waals surface area contributed by atoms with E-state index in [1.165, 1.54) is 11.1 Å². The molecule has 0 saturated heterocycles. The molecule has 0 aromatic heterocycles. The Morgan fingerprint density at radius 2 is 1.47 bits per heavy atom. The van der Waals surface area contributed by atoms with E-state index in [1.54, 1.807) is 12.1 Å². The van der Waals surface area contributed by atoms with Gasteiger partial charge in [0.2, 0.25) is 0 Å². The molecule has 0 atom stereocenters. The number of nitrogens with one attached hydrogen (secondary N) is 1. The van der Waals surface area contributed by atoms with Crippen LogP contribution in [-0.4, -0.2) is 11.1 Å². The van der Waals surface area contributed by atoms with Gasteiger partial charge in [0.1, 0.15) is 5.75 Å². The molecule has 2 heteroatoms. The molecule has 3 rings (SSSR count). The lowest BCUT2D eigenvalue weighted by atomic mass is 10.1. The summed E-state index contributed by atoms with van der Waals surface area (Å²) in [5, 5.41) is 12.7. The van der Waals surface area contributed by atoms with Crippen LogP contribution < -0.4 is 5.32 Å². The number of hydrogen-bond acceptors (Lipinski definition) is 2. The molecular formula is C15H15NO. The fraction of sp³-hybridized carbons (Fsp3) is 0.200. The van der Waals surface area contributed by atoms with Crippen molar-refractivity contribution in [2.75, 3.05) is 5.32 Å². The molecule has 0 heterocycles. The first-order chi connectivity index (χ1) is 8.31. The third-order valence-electron chi connectivity index (χ3n) is 3.29. The Bertz CT molecular complexity index is 494. The molecule has 0 amide bonds. The van der Waals surface area contributed by atoms with E-state index in [2.05, 4.69) is 29.6 Å². The summed E-state index contributed by atoms with van der Waals surface area (Å²) in [6.45, 7) is 0. The zero-order valence-electron chi connectivity index (χ0n) is 9.56. The van der Waals surface area contributed by atoms with Crippen molar-refractivity contribution in [2.45, 2.75) is 18.9 Å². The minimum absolute atomic E-state index is 0.310. The molecule has 0 saturated carbocycles. The molecule has 2 nitrogen and oxygen atoms in total. The van der Waals surface area contributed by atoms with Gasteiger partial charge in [-0.3, -0.25) is 0 Å². The second-order valence-electron chi connectivity index (χ2n) is 4.57. The Morgan fingerprint density at radius 3 is 2.06 bits per heavy atom. The van der Waals surface area contributed by atoms with Gasteiger partial charge in [-0.1, -0.05) is 24.3 Å². The summed E-state index contributed by atoms with van der Waals surface area (Å²) in [5.74, 6) is 0.310. The van der Waals surface area contributed by atoms with Crippen molar-refractivity contribution in [1.29, 1.82) is 0 Å². The highest BCUT2D eigenvalue weighted by molar-refractivity contribution is 5.48. The number of phenolic OH excluding ortho intramolecular Hbond substituents is 1. The standard InChI is InChI=1S/C15H15NO/c17-15-7-5-13(6-8-15)16-14-9-11-3-1-2-4-12(11)10-14/h1-8,14,16-17H,9-10H2. The van der Waals surface area contributed by atoms with Gasteiger partial charge < -0.3 is 10.4 Å². The summed E-state index contributed by atoms with van der Waals surface area (Å²) < 4.78 is 0. The molecule has 17 heavy (non-hydrogen) atoms. The highest BCUT2D eigenvalue weighted by atomic mass is 16.3. The van der Waals surface area contributed by atoms with Gasteiger partial charge in [-0.2, -0.15) is 0 Å². The first-order valence-electron chi connectivity index (χ1n) is 5.93. The van der Waals surface area contributed by atoms with E-state index < -0.39 is 0 Å². The SMILES string of the molecule is Oc1ccc(NC2Cc3ccccc3C2)cc1. The Hall–Kier alpha value is -1.96. The molecule has 86 valence electrons. The van der Waals surface area contributed by atoms with Crippen molar-refractivity contribution < 1.29 is 5.11 Å². The molecule has 0 radical (unpaired) electrons. The van der Waals surface area contributed by atoms with E-state index in [1.807, 2.05) is 12.1 Å². The lowest BCUT2D eigenvalue weighted by molar-refractivity contribution is 0.475. The van der Waals surface area contributed by atoms with Crippen LogP contribution in [0.5, 0.6) is 5.75 Å². The van der Waals surface area contributed by atoms with Crippen LogP contribution in [0.25, 0.3) is 0 Å². The fourth-order valence-electron chi connectivity index (χ4n) is 2.45. The molecule has 0 unspecified atom stereocenters. The number of anilines is 1. The first kappa shape index (κ1) is 10.2. The predicted molar refractivity (Wildman–Crippen MR) is 69.4 cm³/mol. The lowest BCUT2D eigenvalue weighted by Gasteiger charge is -2.13. The Kier molecular flexibility index (Phi) is 2.48. The van der Waals surface area contributed by atoms with Gasteiger partial charge in [0, 0.05) is 11.7 Å². The molecule has 2 aromatic rings. The van der Waals surface area contributed by atoms with Crippen molar-refractivity contribution in [3.8, 4) is 5.75 Å². The van der Waals surface area contributed by atoms with Crippen LogP contribution in [0.2, 0.25) is 0 Å². The van der Waals surface area contributed by atoms with Gasteiger partial charge in [-0.15, -0.1) is 0 Å². The number of fused-ring (bicyclic) bond motifs is 1.